The summed E-state index contributed by atoms with van der Waals surface area (Å²) >= 11 is 0. The second kappa shape index (κ2) is 39.8. The second-order valence-corrected chi connectivity index (χ2v) is 16.6. The van der Waals surface area contributed by atoms with Gasteiger partial charge in [0.2, 0.25) is 17.7 Å². The van der Waals surface area contributed by atoms with E-state index >= 15 is 0 Å². The maximum atomic E-state index is 12.9. The lowest BCUT2D eigenvalue weighted by molar-refractivity contribution is -0.172. The van der Waals surface area contributed by atoms with E-state index in [1.165, 1.54) is 4.90 Å². The van der Waals surface area contributed by atoms with Crippen LogP contribution in [0.1, 0.15) is 40.0 Å². The average molecular weight is 1010 g/mol. The molecule has 24 heteroatoms. The van der Waals surface area contributed by atoms with Crippen molar-refractivity contribution in [2.45, 2.75) is 51.2 Å². The molecule has 0 aromatic rings. The standard InChI is InChI=1S/C46H80N4O20/c1-45(2,3)70-44(56)7-10-47-40(52)35-69-46(36-48-39(51)8-11-50-42(54)5-6-43(50)55)37-49(38-46)41(53)9-12-58-15-16-60-19-20-62-23-24-64-27-28-66-31-32-68-34-33-67-30-29-65-26-25-63-22-21-61-18-17-59-14-13-57-4/h5-6H,7-38H2,1-4H3,(H,47,52)(H,48,51). The molecular formula is C46H80N4O20. The van der Waals surface area contributed by atoms with Crippen LogP contribution in [0.25, 0.3) is 0 Å². The number of hydrogen-bond donors (Lipinski definition) is 2. The van der Waals surface area contributed by atoms with Gasteiger partial charge >= 0.3 is 5.97 Å². The highest BCUT2D eigenvalue weighted by atomic mass is 16.6. The number of nitrogens with zero attached hydrogens (tertiary/aromatic N) is 2. The Bertz CT molecular complexity index is 1460. The maximum absolute atomic E-state index is 12.9. The third kappa shape index (κ3) is 33.0. The summed E-state index contributed by atoms with van der Waals surface area (Å²) in [5, 5.41) is 5.33. The van der Waals surface area contributed by atoms with Crippen LogP contribution in [0.3, 0.4) is 0 Å². The molecule has 0 bridgehead atoms. The zero-order valence-electron chi connectivity index (χ0n) is 41.8. The minimum atomic E-state index is -1.06. The molecule has 0 radical (unpaired) electrons. The van der Waals surface area contributed by atoms with Crippen LogP contribution in [-0.4, -0.2) is 255 Å². The summed E-state index contributed by atoms with van der Waals surface area (Å²) in [4.78, 5) is 76.2. The van der Waals surface area contributed by atoms with Crippen molar-refractivity contribution in [2.24, 2.45) is 0 Å². The number of nitrogens with one attached hydrogen (secondary N) is 2. The molecule has 0 aliphatic carbocycles. The number of rotatable bonds is 47. The highest BCUT2D eigenvalue weighted by Gasteiger charge is 2.46. The molecule has 1 fully saturated rings. The van der Waals surface area contributed by atoms with E-state index < -0.39 is 40.8 Å². The summed E-state index contributed by atoms with van der Waals surface area (Å²) in [5.41, 5.74) is -1.71. The normalized spacial score (nSPS) is 14.3. The van der Waals surface area contributed by atoms with Gasteiger partial charge < -0.3 is 81.8 Å². The largest absolute Gasteiger partial charge is 0.460 e. The van der Waals surface area contributed by atoms with Gasteiger partial charge in [0.1, 0.15) is 17.8 Å². The molecule has 0 unspecified atom stereocenters. The minimum absolute atomic E-state index is 0.0260. The lowest BCUT2D eigenvalue weighted by Gasteiger charge is -2.49. The zero-order valence-corrected chi connectivity index (χ0v) is 41.8. The summed E-state index contributed by atoms with van der Waals surface area (Å²) in [6, 6.07) is 0. The number of amides is 5. The van der Waals surface area contributed by atoms with E-state index in [4.69, 9.17) is 66.3 Å². The first-order valence-electron chi connectivity index (χ1n) is 23.9. The number of carbonyl (C=O) groups is 6. The third-order valence-corrected chi connectivity index (χ3v) is 9.57. The van der Waals surface area contributed by atoms with E-state index in [2.05, 4.69) is 10.6 Å². The molecule has 2 aliphatic rings. The van der Waals surface area contributed by atoms with E-state index in [-0.39, 0.29) is 77.7 Å². The van der Waals surface area contributed by atoms with Gasteiger partial charge in [0.25, 0.3) is 11.8 Å². The molecule has 0 aromatic heterocycles. The van der Waals surface area contributed by atoms with Crippen LogP contribution in [0.5, 0.6) is 0 Å². The van der Waals surface area contributed by atoms with Crippen molar-refractivity contribution in [2.75, 3.05) is 198 Å². The van der Waals surface area contributed by atoms with E-state index in [0.717, 1.165) is 17.1 Å². The number of likely N-dealkylation sites (tertiary alicyclic amines) is 1. The Morgan fingerprint density at radius 2 is 0.914 bits per heavy atom. The Balaban J connectivity index is 1.40. The molecule has 2 aliphatic heterocycles. The minimum Gasteiger partial charge on any atom is -0.460 e. The first-order valence-corrected chi connectivity index (χ1v) is 23.9. The van der Waals surface area contributed by atoms with Crippen LogP contribution in [0.15, 0.2) is 12.2 Å². The van der Waals surface area contributed by atoms with Crippen molar-refractivity contribution < 1.29 is 95.1 Å². The van der Waals surface area contributed by atoms with Gasteiger partial charge in [0, 0.05) is 38.8 Å². The summed E-state index contributed by atoms with van der Waals surface area (Å²) < 4.78 is 76.3. The predicted molar refractivity (Wildman–Crippen MR) is 248 cm³/mol. The number of hydrogen-bond acceptors (Lipinski definition) is 20. The van der Waals surface area contributed by atoms with E-state index in [1.807, 2.05) is 0 Å². The summed E-state index contributed by atoms with van der Waals surface area (Å²) in [5.74, 6) is -2.58. The van der Waals surface area contributed by atoms with Gasteiger partial charge in [-0.05, 0) is 20.8 Å². The molecule has 0 spiro atoms. The molecule has 2 N–H and O–H groups in total. The zero-order chi connectivity index (χ0) is 51.0. The molecule has 70 heavy (non-hydrogen) atoms. The summed E-state index contributed by atoms with van der Waals surface area (Å²) in [6.07, 6.45) is 2.21. The Morgan fingerprint density at radius 1 is 0.529 bits per heavy atom. The Labute approximate surface area is 412 Å². The lowest BCUT2D eigenvalue weighted by atomic mass is 9.93. The van der Waals surface area contributed by atoms with Crippen LogP contribution < -0.4 is 10.6 Å². The fourth-order valence-corrected chi connectivity index (χ4v) is 6.02. The molecule has 2 heterocycles. The monoisotopic (exact) mass is 1010 g/mol. The number of esters is 1. The van der Waals surface area contributed by atoms with Crippen molar-refractivity contribution >= 4 is 35.5 Å². The highest BCUT2D eigenvalue weighted by molar-refractivity contribution is 6.13. The topological polar surface area (TPSA) is 262 Å². The molecule has 24 nitrogen and oxygen atoms in total. The van der Waals surface area contributed by atoms with Crippen LogP contribution in [-0.2, 0) is 95.1 Å². The second-order valence-electron chi connectivity index (χ2n) is 16.6. The average Bonchev–Trinajstić information content (AvgIpc) is 3.63. The Kier molecular flexibility index (Phi) is 35.5. The summed E-state index contributed by atoms with van der Waals surface area (Å²) in [7, 11) is 1.63. The number of imide groups is 1. The van der Waals surface area contributed by atoms with E-state index in [1.54, 1.807) is 27.9 Å². The lowest BCUT2D eigenvalue weighted by Crippen LogP contribution is -2.69. The maximum Gasteiger partial charge on any atom is 0.308 e. The number of ether oxygens (including phenoxy) is 14. The van der Waals surface area contributed by atoms with Crippen LogP contribution in [0.2, 0.25) is 0 Å². The molecule has 2 rings (SSSR count). The molecule has 0 atom stereocenters. The van der Waals surface area contributed by atoms with Crippen molar-refractivity contribution in [3.05, 3.63) is 12.2 Å². The Morgan fingerprint density at radius 3 is 1.30 bits per heavy atom. The first-order chi connectivity index (χ1) is 33.8. The van der Waals surface area contributed by atoms with Crippen molar-refractivity contribution in [1.82, 2.24) is 20.4 Å². The molecule has 0 aromatic carbocycles. The number of carbonyl (C=O) groups excluding carboxylic acids is 6. The molecular weight excluding hydrogens is 929 g/mol. The van der Waals surface area contributed by atoms with Gasteiger partial charge in [0.05, 0.1) is 184 Å². The molecule has 0 saturated carbocycles. The van der Waals surface area contributed by atoms with Crippen molar-refractivity contribution in [1.29, 1.82) is 0 Å². The first kappa shape index (κ1) is 62.4. The quantitative estimate of drug-likeness (QED) is 0.0424. The van der Waals surface area contributed by atoms with Gasteiger partial charge in [-0.2, -0.15) is 0 Å². The Hall–Kier alpha value is -3.76. The van der Waals surface area contributed by atoms with Gasteiger partial charge in [-0.15, -0.1) is 0 Å². The van der Waals surface area contributed by atoms with Gasteiger partial charge in [0.15, 0.2) is 0 Å². The SMILES string of the molecule is COCCOCCOCCOCCOCCOCCOCCOCCOCCOCCOCCOCCC(=O)N1CC(CNC(=O)CCN2C(=O)C=CC2=O)(OCC(=O)NCCC(=O)OC(C)(C)C)C1. The third-order valence-electron chi connectivity index (χ3n) is 9.57. The highest BCUT2D eigenvalue weighted by Crippen LogP contribution is 2.26. The predicted octanol–water partition coefficient (Wildman–Crippen LogP) is -0.918. The van der Waals surface area contributed by atoms with Gasteiger partial charge in [-0.1, -0.05) is 0 Å². The van der Waals surface area contributed by atoms with Crippen molar-refractivity contribution in [3.63, 3.8) is 0 Å². The van der Waals surface area contributed by atoms with Crippen molar-refractivity contribution in [3.8, 4) is 0 Å². The summed E-state index contributed by atoms with van der Waals surface area (Å²) in [6.45, 7) is 15.2. The fraction of sp³-hybridized carbons (Fsp3) is 0.826. The number of methoxy groups -OCH3 is 1. The van der Waals surface area contributed by atoms with Crippen LogP contribution >= 0.6 is 0 Å². The smallest absolute Gasteiger partial charge is 0.308 e. The van der Waals surface area contributed by atoms with E-state index in [0.29, 0.717) is 139 Å². The molecule has 1 saturated heterocycles. The van der Waals surface area contributed by atoms with Gasteiger partial charge in [-0.25, -0.2) is 0 Å². The molecule has 404 valence electrons. The van der Waals surface area contributed by atoms with Crippen LogP contribution in [0.4, 0.5) is 0 Å². The van der Waals surface area contributed by atoms with E-state index in [9.17, 15) is 28.8 Å². The van der Waals surface area contributed by atoms with Gasteiger partial charge in [-0.3, -0.25) is 33.7 Å². The fourth-order valence-electron chi connectivity index (χ4n) is 6.02. The van der Waals surface area contributed by atoms with Crippen LogP contribution in [0, 0.1) is 0 Å². The molecule has 5 amide bonds.